The van der Waals surface area contributed by atoms with Crippen molar-refractivity contribution < 1.29 is 35.9 Å². The van der Waals surface area contributed by atoms with Gasteiger partial charge in [-0.2, -0.15) is 23.1 Å². The van der Waals surface area contributed by atoms with Gasteiger partial charge in [-0.1, -0.05) is 17.9 Å². The summed E-state index contributed by atoms with van der Waals surface area (Å²) in [5, 5.41) is -0.147. The summed E-state index contributed by atoms with van der Waals surface area (Å²) < 4.78 is 95.0. The molecular weight excluding hydrogens is 660 g/mol. The minimum Gasteiger partial charge on any atom is -0.461 e. The Hall–Kier alpha value is -4.18. The van der Waals surface area contributed by atoms with Crippen molar-refractivity contribution in [2.24, 2.45) is 0 Å². The second-order valence-electron chi connectivity index (χ2n) is 12.6. The van der Waals surface area contributed by atoms with E-state index >= 15 is 4.39 Å². The molecule has 3 aliphatic rings. The lowest BCUT2D eigenvalue weighted by molar-refractivity contribution is -0.137. The fourth-order valence-electron chi connectivity index (χ4n) is 7.41. The van der Waals surface area contributed by atoms with Crippen molar-refractivity contribution in [3.05, 3.63) is 48.1 Å². The lowest BCUT2D eigenvalue weighted by Crippen LogP contribution is -2.43. The molecule has 9 nitrogen and oxygen atoms in total. The van der Waals surface area contributed by atoms with Crippen molar-refractivity contribution in [3.8, 4) is 17.1 Å². The molecule has 3 saturated heterocycles. The third-order valence-electron chi connectivity index (χ3n) is 9.72. The molecule has 0 bridgehead atoms. The topological polar surface area (TPSA) is 101 Å². The van der Waals surface area contributed by atoms with Gasteiger partial charge in [0, 0.05) is 61.7 Å². The van der Waals surface area contributed by atoms with E-state index in [-0.39, 0.29) is 69.6 Å². The molecule has 16 heteroatoms. The molecular formula is C32H31F6N7O2S. The number of alkyl halides is 4. The number of thiazole rings is 1. The van der Waals surface area contributed by atoms with Gasteiger partial charge in [-0.3, -0.25) is 9.69 Å². The SMILES string of the molecule is C=CC(=O)N1CCC(N(C)c2nc(OCC34CCCN3CC(F)C4)nc3cc(-c4c(F)cc(F)c5sc(N)nc45)c(C(F)(F)F)cc23)C1. The van der Waals surface area contributed by atoms with Crippen LogP contribution in [0.25, 0.3) is 32.2 Å². The summed E-state index contributed by atoms with van der Waals surface area (Å²) in [6.07, 6.45) is -2.45. The Balaban J connectivity index is 1.39. The number of hydrogen-bond acceptors (Lipinski definition) is 9. The second kappa shape index (κ2) is 11.8. The van der Waals surface area contributed by atoms with Crippen molar-refractivity contribution in [1.29, 1.82) is 0 Å². The highest BCUT2D eigenvalue weighted by atomic mass is 32.1. The molecule has 2 aromatic carbocycles. The number of nitrogen functional groups attached to an aromatic ring is 1. The second-order valence-corrected chi connectivity index (χ2v) is 13.6. The van der Waals surface area contributed by atoms with Crippen molar-refractivity contribution in [2.75, 3.05) is 50.5 Å². The van der Waals surface area contributed by atoms with E-state index in [1.54, 1.807) is 16.8 Å². The van der Waals surface area contributed by atoms with Crippen LogP contribution < -0.4 is 15.4 Å². The quantitative estimate of drug-likeness (QED) is 0.187. The first-order chi connectivity index (χ1) is 22.8. The average molecular weight is 692 g/mol. The van der Waals surface area contributed by atoms with E-state index in [9.17, 15) is 26.7 Å². The van der Waals surface area contributed by atoms with Crippen LogP contribution in [0.2, 0.25) is 0 Å². The van der Waals surface area contributed by atoms with Gasteiger partial charge in [0.05, 0.1) is 26.8 Å². The molecule has 5 heterocycles. The van der Waals surface area contributed by atoms with Crippen LogP contribution in [0.1, 0.15) is 31.2 Å². The molecule has 254 valence electrons. The predicted octanol–water partition coefficient (Wildman–Crippen LogP) is 5.96. The van der Waals surface area contributed by atoms with Crippen molar-refractivity contribution in [3.63, 3.8) is 0 Å². The number of carbonyl (C=O) groups excluding carboxylic acids is 1. The predicted molar refractivity (Wildman–Crippen MR) is 170 cm³/mol. The minimum absolute atomic E-state index is 0.00230. The zero-order chi connectivity index (χ0) is 34.1. The van der Waals surface area contributed by atoms with Crippen molar-refractivity contribution >= 4 is 49.3 Å². The largest absolute Gasteiger partial charge is 0.461 e. The fourth-order valence-corrected chi connectivity index (χ4v) is 8.15. The number of rotatable bonds is 7. The highest BCUT2D eigenvalue weighted by Gasteiger charge is 2.49. The summed E-state index contributed by atoms with van der Waals surface area (Å²) in [5.41, 5.74) is 2.47. The Labute approximate surface area is 275 Å². The molecule has 2 aromatic heterocycles. The van der Waals surface area contributed by atoms with Gasteiger partial charge >= 0.3 is 12.2 Å². The number of likely N-dealkylation sites (N-methyl/N-ethyl adjacent to an activating group) is 1. The minimum atomic E-state index is -4.99. The van der Waals surface area contributed by atoms with Gasteiger partial charge in [0.15, 0.2) is 5.13 Å². The maximum absolute atomic E-state index is 15.5. The molecule has 3 aliphatic heterocycles. The first kappa shape index (κ1) is 32.4. The Kier molecular flexibility index (Phi) is 7.93. The van der Waals surface area contributed by atoms with E-state index in [1.807, 2.05) is 4.90 Å². The Morgan fingerprint density at radius 1 is 1.19 bits per heavy atom. The number of nitrogens with zero attached hydrogens (tertiary/aromatic N) is 6. The zero-order valence-electron chi connectivity index (χ0n) is 25.8. The van der Waals surface area contributed by atoms with Crippen LogP contribution in [0.4, 0.5) is 37.3 Å². The van der Waals surface area contributed by atoms with E-state index in [0.717, 1.165) is 25.1 Å². The van der Waals surface area contributed by atoms with Gasteiger partial charge in [-0.15, -0.1) is 0 Å². The lowest BCUT2D eigenvalue weighted by atomic mass is 9.95. The maximum Gasteiger partial charge on any atom is 0.417 e. The van der Waals surface area contributed by atoms with Crippen molar-refractivity contribution in [2.45, 2.75) is 49.6 Å². The molecule has 4 aromatic rings. The Bertz CT molecular complexity index is 1950. The van der Waals surface area contributed by atoms with Crippen LogP contribution >= 0.6 is 11.3 Å². The third-order valence-corrected chi connectivity index (χ3v) is 10.6. The normalized spacial score (nSPS) is 22.9. The van der Waals surface area contributed by atoms with Gasteiger partial charge in [-0.25, -0.2) is 18.2 Å². The van der Waals surface area contributed by atoms with E-state index in [4.69, 9.17) is 10.5 Å². The number of halogens is 6. The fraction of sp³-hybridized carbons (Fsp3) is 0.438. The number of likely N-dealkylation sites (tertiary alicyclic amines) is 1. The van der Waals surface area contributed by atoms with Gasteiger partial charge in [0.1, 0.15) is 30.2 Å². The number of anilines is 2. The number of carbonyl (C=O) groups is 1. The smallest absolute Gasteiger partial charge is 0.417 e. The maximum atomic E-state index is 15.5. The van der Waals surface area contributed by atoms with Gasteiger partial charge in [0.2, 0.25) is 5.91 Å². The van der Waals surface area contributed by atoms with Gasteiger partial charge in [-0.05, 0) is 44.0 Å². The summed E-state index contributed by atoms with van der Waals surface area (Å²) in [5.74, 6) is -2.42. The van der Waals surface area contributed by atoms with Crippen LogP contribution in [0.15, 0.2) is 30.9 Å². The average Bonchev–Trinajstić information content (AvgIpc) is 3.81. The first-order valence-corrected chi connectivity index (χ1v) is 16.2. The molecule has 0 radical (unpaired) electrons. The molecule has 0 spiro atoms. The number of amides is 1. The molecule has 3 unspecified atom stereocenters. The number of fused-ring (bicyclic) bond motifs is 3. The molecule has 7 rings (SSSR count). The zero-order valence-corrected chi connectivity index (χ0v) is 26.6. The number of aromatic nitrogens is 3. The van der Waals surface area contributed by atoms with Crippen LogP contribution in [-0.2, 0) is 11.0 Å². The third kappa shape index (κ3) is 5.47. The molecule has 0 aliphatic carbocycles. The number of nitrogens with two attached hydrogens (primary N) is 1. The van der Waals surface area contributed by atoms with E-state index in [0.29, 0.717) is 43.3 Å². The number of hydrogen-bond donors (Lipinski definition) is 1. The molecule has 3 atom stereocenters. The van der Waals surface area contributed by atoms with Gasteiger partial charge in [0.25, 0.3) is 0 Å². The standard InChI is InChI=1S/C32H31F6N7O2S/c1-3-24(46)44-8-5-17(14-44)43(2)28-19-9-20(32(36,37)38)18(25-21(34)11-22(35)27-26(25)41-29(39)48-27)10-23(19)40-30(42-28)47-15-31-6-4-7-45(31)13-16(33)12-31/h3,9-11,16-17H,1,4-8,12-15H2,2H3,(H2,39,41). The van der Waals surface area contributed by atoms with E-state index in [1.165, 1.54) is 6.08 Å². The van der Waals surface area contributed by atoms with E-state index < -0.39 is 46.2 Å². The molecule has 3 fully saturated rings. The number of ether oxygens (including phenoxy) is 1. The summed E-state index contributed by atoms with van der Waals surface area (Å²) in [7, 11) is 1.66. The summed E-state index contributed by atoms with van der Waals surface area (Å²) in [4.78, 5) is 30.6. The highest BCUT2D eigenvalue weighted by Crippen LogP contribution is 2.46. The summed E-state index contributed by atoms with van der Waals surface area (Å²) >= 11 is 0.692. The highest BCUT2D eigenvalue weighted by molar-refractivity contribution is 7.22. The summed E-state index contributed by atoms with van der Waals surface area (Å²) in [6.45, 7) is 5.28. The Morgan fingerprint density at radius 2 is 1.98 bits per heavy atom. The molecule has 2 N–H and O–H groups in total. The molecule has 1 amide bonds. The van der Waals surface area contributed by atoms with Crippen LogP contribution in [0.5, 0.6) is 6.01 Å². The molecule has 0 saturated carbocycles. The monoisotopic (exact) mass is 691 g/mol. The lowest BCUT2D eigenvalue weighted by Gasteiger charge is -2.31. The molecule has 48 heavy (non-hydrogen) atoms. The van der Waals surface area contributed by atoms with Crippen LogP contribution in [0, 0.1) is 11.6 Å². The first-order valence-electron chi connectivity index (χ1n) is 15.4. The Morgan fingerprint density at radius 3 is 2.73 bits per heavy atom. The van der Waals surface area contributed by atoms with E-state index in [2.05, 4.69) is 21.5 Å². The van der Waals surface area contributed by atoms with Gasteiger partial charge < -0.3 is 20.3 Å². The van der Waals surface area contributed by atoms with Crippen LogP contribution in [0.3, 0.4) is 0 Å². The summed E-state index contributed by atoms with van der Waals surface area (Å²) in [6, 6.07) is 1.94. The number of benzene rings is 2. The van der Waals surface area contributed by atoms with Crippen LogP contribution in [-0.4, -0.2) is 88.2 Å². The van der Waals surface area contributed by atoms with Crippen molar-refractivity contribution in [1.82, 2.24) is 24.8 Å².